The van der Waals surface area contributed by atoms with Gasteiger partial charge in [0.05, 0.1) is 0 Å². The van der Waals surface area contributed by atoms with Gasteiger partial charge in [0.15, 0.2) is 0 Å². The van der Waals surface area contributed by atoms with E-state index in [-0.39, 0.29) is 0 Å². The van der Waals surface area contributed by atoms with Gasteiger partial charge in [-0.25, -0.2) is 0 Å². The van der Waals surface area contributed by atoms with Gasteiger partial charge in [-0.2, -0.15) is 0 Å². The number of rotatable bonds is 2. The molecule has 2 nitrogen and oxygen atoms in total. The number of carbonyl (C=O) groups excluding carboxylic acids is 1. The van der Waals surface area contributed by atoms with E-state index in [0.29, 0.717) is 17.9 Å². The van der Waals surface area contributed by atoms with Gasteiger partial charge in [-0.3, -0.25) is 9.69 Å². The molecule has 2 fully saturated rings. The van der Waals surface area contributed by atoms with Crippen LogP contribution in [-0.4, -0.2) is 22.8 Å². The van der Waals surface area contributed by atoms with Crippen molar-refractivity contribution >= 4 is 5.78 Å². The number of carbonyl (C=O) groups is 1. The standard InChI is InChI=1S/C14H17NO/c16-14-8-12-6-7-13(9-14)15(12)10-11-4-2-1-3-5-11/h1-5,12-13H,6-10H2/t12-,13?/m0/s1. The molecule has 84 valence electrons. The van der Waals surface area contributed by atoms with Crippen LogP contribution < -0.4 is 0 Å². The fourth-order valence-electron chi connectivity index (χ4n) is 3.11. The zero-order valence-electron chi connectivity index (χ0n) is 9.43. The molecular formula is C14H17NO. The van der Waals surface area contributed by atoms with Crippen LogP contribution in [0.3, 0.4) is 0 Å². The second-order valence-corrected chi connectivity index (χ2v) is 4.99. The molecule has 0 N–H and O–H groups in total. The third kappa shape index (κ3) is 1.78. The van der Waals surface area contributed by atoms with Gasteiger partial charge in [0.1, 0.15) is 5.78 Å². The van der Waals surface area contributed by atoms with Crippen molar-refractivity contribution < 1.29 is 4.79 Å². The fraction of sp³-hybridized carbons (Fsp3) is 0.500. The summed E-state index contributed by atoms with van der Waals surface area (Å²) in [7, 11) is 0. The maximum Gasteiger partial charge on any atom is 0.136 e. The van der Waals surface area contributed by atoms with Gasteiger partial charge in [0.25, 0.3) is 0 Å². The number of nitrogens with zero attached hydrogens (tertiary/aromatic N) is 1. The molecule has 0 amide bonds. The summed E-state index contributed by atoms with van der Waals surface area (Å²) in [5, 5.41) is 0. The molecular weight excluding hydrogens is 198 g/mol. The smallest absolute Gasteiger partial charge is 0.136 e. The van der Waals surface area contributed by atoms with Gasteiger partial charge in [-0.05, 0) is 18.4 Å². The Bertz CT molecular complexity index is 371. The van der Waals surface area contributed by atoms with Crippen LogP contribution >= 0.6 is 0 Å². The van der Waals surface area contributed by atoms with Crippen molar-refractivity contribution in [1.82, 2.24) is 4.90 Å². The minimum Gasteiger partial charge on any atom is -0.300 e. The summed E-state index contributed by atoms with van der Waals surface area (Å²) >= 11 is 0. The second-order valence-electron chi connectivity index (χ2n) is 4.99. The van der Waals surface area contributed by atoms with Gasteiger partial charge in [0, 0.05) is 31.5 Å². The normalized spacial score (nSPS) is 29.6. The molecule has 16 heavy (non-hydrogen) atoms. The number of ketones is 1. The number of hydrogen-bond acceptors (Lipinski definition) is 2. The lowest BCUT2D eigenvalue weighted by Gasteiger charge is -2.33. The van der Waals surface area contributed by atoms with E-state index in [4.69, 9.17) is 0 Å². The molecule has 1 unspecified atom stereocenters. The Balaban J connectivity index is 1.75. The van der Waals surface area contributed by atoms with Crippen molar-refractivity contribution in [2.45, 2.75) is 44.3 Å². The van der Waals surface area contributed by atoms with Gasteiger partial charge in [0.2, 0.25) is 0 Å². The Kier molecular flexibility index (Phi) is 2.52. The molecule has 0 radical (unpaired) electrons. The first-order valence-corrected chi connectivity index (χ1v) is 6.14. The summed E-state index contributed by atoms with van der Waals surface area (Å²) in [5.74, 6) is 0.469. The Hall–Kier alpha value is -1.15. The topological polar surface area (TPSA) is 20.3 Å². The summed E-state index contributed by atoms with van der Waals surface area (Å²) in [6, 6.07) is 11.6. The minimum atomic E-state index is 0.469. The third-order valence-corrected chi connectivity index (χ3v) is 3.91. The molecule has 2 saturated heterocycles. The molecule has 0 aromatic heterocycles. The van der Waals surface area contributed by atoms with E-state index in [2.05, 4.69) is 35.2 Å². The van der Waals surface area contributed by atoms with Crippen LogP contribution in [0, 0.1) is 0 Å². The molecule has 3 rings (SSSR count). The zero-order valence-corrected chi connectivity index (χ0v) is 9.43. The predicted molar refractivity (Wildman–Crippen MR) is 63.0 cm³/mol. The Morgan fingerprint density at radius 3 is 2.31 bits per heavy atom. The van der Waals surface area contributed by atoms with Crippen LogP contribution in [0.1, 0.15) is 31.2 Å². The number of fused-ring (bicyclic) bond motifs is 2. The highest BCUT2D eigenvalue weighted by Crippen LogP contribution is 2.34. The van der Waals surface area contributed by atoms with Crippen LogP contribution in [-0.2, 0) is 11.3 Å². The van der Waals surface area contributed by atoms with E-state index in [0.717, 1.165) is 19.4 Å². The Labute approximate surface area is 96.3 Å². The summed E-state index contributed by atoms with van der Waals surface area (Å²) in [5.41, 5.74) is 1.37. The van der Waals surface area contributed by atoms with Crippen molar-refractivity contribution in [2.75, 3.05) is 0 Å². The summed E-state index contributed by atoms with van der Waals surface area (Å²) < 4.78 is 0. The van der Waals surface area contributed by atoms with Crippen LogP contribution in [0.5, 0.6) is 0 Å². The van der Waals surface area contributed by atoms with Crippen molar-refractivity contribution in [1.29, 1.82) is 0 Å². The van der Waals surface area contributed by atoms with E-state index in [1.165, 1.54) is 18.4 Å². The van der Waals surface area contributed by atoms with Crippen molar-refractivity contribution in [2.24, 2.45) is 0 Å². The molecule has 0 aliphatic carbocycles. The summed E-state index contributed by atoms with van der Waals surface area (Å²) in [6.07, 6.45) is 3.99. The maximum atomic E-state index is 11.5. The van der Waals surface area contributed by atoms with Gasteiger partial charge >= 0.3 is 0 Å². The maximum absolute atomic E-state index is 11.5. The molecule has 2 aliphatic heterocycles. The molecule has 1 aromatic rings. The predicted octanol–water partition coefficient (Wildman–Crippen LogP) is 2.38. The quantitative estimate of drug-likeness (QED) is 0.755. The monoisotopic (exact) mass is 215 g/mol. The lowest BCUT2D eigenvalue weighted by molar-refractivity contribution is -0.123. The molecule has 2 bridgehead atoms. The third-order valence-electron chi connectivity index (χ3n) is 3.91. The molecule has 2 heteroatoms. The van der Waals surface area contributed by atoms with Gasteiger partial charge < -0.3 is 0 Å². The highest BCUT2D eigenvalue weighted by atomic mass is 16.1. The van der Waals surface area contributed by atoms with Crippen LogP contribution in [0.25, 0.3) is 0 Å². The van der Waals surface area contributed by atoms with Crippen LogP contribution in [0.4, 0.5) is 0 Å². The lowest BCUT2D eigenvalue weighted by Crippen LogP contribution is -2.42. The van der Waals surface area contributed by atoms with Gasteiger partial charge in [-0.1, -0.05) is 30.3 Å². The van der Waals surface area contributed by atoms with E-state index in [1.807, 2.05) is 0 Å². The van der Waals surface area contributed by atoms with Crippen molar-refractivity contribution in [3.8, 4) is 0 Å². The Morgan fingerprint density at radius 2 is 1.69 bits per heavy atom. The molecule has 2 heterocycles. The number of Topliss-reactive ketones (excluding diaryl/α,β-unsaturated/α-hetero) is 1. The summed E-state index contributed by atoms with van der Waals surface area (Å²) in [6.45, 7) is 1.02. The first kappa shape index (κ1) is 10.0. The summed E-state index contributed by atoms with van der Waals surface area (Å²) in [4.78, 5) is 14.0. The minimum absolute atomic E-state index is 0.469. The van der Waals surface area contributed by atoms with E-state index in [9.17, 15) is 4.79 Å². The average molecular weight is 215 g/mol. The number of piperidine rings is 1. The Morgan fingerprint density at radius 1 is 1.06 bits per heavy atom. The number of benzene rings is 1. The van der Waals surface area contributed by atoms with Crippen molar-refractivity contribution in [3.05, 3.63) is 35.9 Å². The van der Waals surface area contributed by atoms with Crippen LogP contribution in [0.2, 0.25) is 0 Å². The second kappa shape index (κ2) is 4.02. The fourth-order valence-corrected chi connectivity index (χ4v) is 3.11. The SMILES string of the molecule is O=C1CC2CC[C@@H](C1)N2Cc1ccccc1. The largest absolute Gasteiger partial charge is 0.300 e. The lowest BCUT2D eigenvalue weighted by atomic mass is 10.0. The highest BCUT2D eigenvalue weighted by Gasteiger charge is 2.39. The molecule has 2 atom stereocenters. The average Bonchev–Trinajstić information content (AvgIpc) is 2.54. The van der Waals surface area contributed by atoms with E-state index in [1.54, 1.807) is 0 Å². The highest BCUT2D eigenvalue weighted by molar-refractivity contribution is 5.80. The molecule has 2 aliphatic rings. The zero-order chi connectivity index (χ0) is 11.0. The van der Waals surface area contributed by atoms with Crippen molar-refractivity contribution in [3.63, 3.8) is 0 Å². The molecule has 0 spiro atoms. The first-order chi connectivity index (χ1) is 7.83. The molecule has 0 saturated carbocycles. The van der Waals surface area contributed by atoms with E-state index >= 15 is 0 Å². The first-order valence-electron chi connectivity index (χ1n) is 6.14. The van der Waals surface area contributed by atoms with E-state index < -0.39 is 0 Å². The van der Waals surface area contributed by atoms with Gasteiger partial charge in [-0.15, -0.1) is 0 Å². The molecule has 1 aromatic carbocycles. The van der Waals surface area contributed by atoms with Crippen LogP contribution in [0.15, 0.2) is 30.3 Å². The number of hydrogen-bond donors (Lipinski definition) is 0.